The van der Waals surface area contributed by atoms with Crippen molar-refractivity contribution >= 4 is 0 Å². The molecule has 1 aliphatic rings. The Hall–Kier alpha value is -0.0800. The summed E-state index contributed by atoms with van der Waals surface area (Å²) in [6.07, 6.45) is 4.87. The second kappa shape index (κ2) is 4.24. The first-order valence-corrected chi connectivity index (χ1v) is 4.94. The van der Waals surface area contributed by atoms with Crippen LogP contribution < -0.4 is 5.73 Å². The van der Waals surface area contributed by atoms with E-state index in [2.05, 4.69) is 13.8 Å². The maximum Gasteiger partial charge on any atom is 0.0468 e. The fraction of sp³-hybridized carbons (Fsp3) is 1.00. The third-order valence-corrected chi connectivity index (χ3v) is 2.54. The minimum atomic E-state index is 0.0122. The SMILES string of the molecule is CC(C)(N)CCC1CCOCC1. The van der Waals surface area contributed by atoms with Gasteiger partial charge in [-0.3, -0.25) is 0 Å². The van der Waals surface area contributed by atoms with Crippen LogP contribution in [0, 0.1) is 5.92 Å². The van der Waals surface area contributed by atoms with E-state index in [-0.39, 0.29) is 5.54 Å². The molecule has 1 rings (SSSR count). The second-order valence-electron chi connectivity index (χ2n) is 4.58. The molecule has 1 aliphatic heterocycles. The highest BCUT2D eigenvalue weighted by Crippen LogP contribution is 2.22. The molecule has 0 atom stereocenters. The Balaban J connectivity index is 2.13. The van der Waals surface area contributed by atoms with Crippen molar-refractivity contribution in [1.82, 2.24) is 0 Å². The monoisotopic (exact) mass is 171 g/mol. The Morgan fingerprint density at radius 1 is 1.33 bits per heavy atom. The third kappa shape index (κ3) is 4.07. The summed E-state index contributed by atoms with van der Waals surface area (Å²) in [5, 5.41) is 0. The molecule has 12 heavy (non-hydrogen) atoms. The summed E-state index contributed by atoms with van der Waals surface area (Å²) < 4.78 is 5.30. The van der Waals surface area contributed by atoms with Crippen LogP contribution in [0.15, 0.2) is 0 Å². The highest BCUT2D eigenvalue weighted by atomic mass is 16.5. The molecule has 2 heteroatoms. The highest BCUT2D eigenvalue weighted by molar-refractivity contribution is 4.74. The van der Waals surface area contributed by atoms with E-state index in [1.54, 1.807) is 0 Å². The average molecular weight is 171 g/mol. The van der Waals surface area contributed by atoms with Gasteiger partial charge in [-0.25, -0.2) is 0 Å². The van der Waals surface area contributed by atoms with Gasteiger partial charge in [0.05, 0.1) is 0 Å². The molecule has 0 aliphatic carbocycles. The fourth-order valence-corrected chi connectivity index (χ4v) is 1.61. The van der Waals surface area contributed by atoms with Crippen molar-refractivity contribution in [3.63, 3.8) is 0 Å². The first-order valence-electron chi connectivity index (χ1n) is 4.94. The van der Waals surface area contributed by atoms with Crippen LogP contribution in [0.3, 0.4) is 0 Å². The van der Waals surface area contributed by atoms with E-state index in [4.69, 9.17) is 10.5 Å². The molecule has 2 N–H and O–H groups in total. The average Bonchev–Trinajstić information content (AvgIpc) is 2.02. The van der Waals surface area contributed by atoms with E-state index in [1.807, 2.05) is 0 Å². The lowest BCUT2D eigenvalue weighted by Gasteiger charge is -2.25. The summed E-state index contributed by atoms with van der Waals surface area (Å²) in [5.41, 5.74) is 5.93. The van der Waals surface area contributed by atoms with Gasteiger partial charge in [0, 0.05) is 18.8 Å². The molecule has 0 bridgehead atoms. The van der Waals surface area contributed by atoms with Crippen LogP contribution in [0.1, 0.15) is 39.5 Å². The van der Waals surface area contributed by atoms with Crippen molar-refractivity contribution < 1.29 is 4.74 Å². The second-order valence-corrected chi connectivity index (χ2v) is 4.58. The summed E-state index contributed by atoms with van der Waals surface area (Å²) in [4.78, 5) is 0. The molecule has 2 nitrogen and oxygen atoms in total. The Kier molecular flexibility index (Phi) is 3.53. The normalized spacial score (nSPS) is 21.2. The maximum absolute atomic E-state index is 5.92. The minimum absolute atomic E-state index is 0.0122. The van der Waals surface area contributed by atoms with Gasteiger partial charge < -0.3 is 10.5 Å². The van der Waals surface area contributed by atoms with Crippen LogP contribution in [-0.4, -0.2) is 18.8 Å². The van der Waals surface area contributed by atoms with Crippen LogP contribution in [0.2, 0.25) is 0 Å². The maximum atomic E-state index is 5.92. The van der Waals surface area contributed by atoms with Crippen molar-refractivity contribution in [1.29, 1.82) is 0 Å². The molecule has 0 spiro atoms. The molecule has 0 unspecified atom stereocenters. The molecule has 0 aromatic rings. The molecule has 0 aromatic heterocycles. The predicted octanol–water partition coefficient (Wildman–Crippen LogP) is 1.93. The van der Waals surface area contributed by atoms with Crippen molar-refractivity contribution in [2.75, 3.05) is 13.2 Å². The van der Waals surface area contributed by atoms with E-state index in [0.717, 1.165) is 25.6 Å². The van der Waals surface area contributed by atoms with Crippen molar-refractivity contribution in [3.8, 4) is 0 Å². The molecule has 0 radical (unpaired) electrons. The molecule has 0 amide bonds. The smallest absolute Gasteiger partial charge is 0.0468 e. The number of rotatable bonds is 3. The van der Waals surface area contributed by atoms with Crippen molar-refractivity contribution in [2.24, 2.45) is 11.7 Å². The van der Waals surface area contributed by atoms with Crippen molar-refractivity contribution in [3.05, 3.63) is 0 Å². The molecule has 1 fully saturated rings. The van der Waals surface area contributed by atoms with Gasteiger partial charge in [0.15, 0.2) is 0 Å². The molecular formula is C10H21NO. The zero-order valence-corrected chi connectivity index (χ0v) is 8.31. The van der Waals surface area contributed by atoms with Crippen LogP contribution >= 0.6 is 0 Å². The van der Waals surface area contributed by atoms with Gasteiger partial charge in [0.2, 0.25) is 0 Å². The number of ether oxygens (including phenoxy) is 1. The first-order chi connectivity index (χ1) is 5.58. The van der Waals surface area contributed by atoms with Crippen LogP contribution in [0.4, 0.5) is 0 Å². The van der Waals surface area contributed by atoms with Gasteiger partial charge in [-0.1, -0.05) is 0 Å². The summed E-state index contributed by atoms with van der Waals surface area (Å²) >= 11 is 0. The lowest BCUT2D eigenvalue weighted by atomic mass is 9.89. The molecule has 1 saturated heterocycles. The number of hydrogen-bond donors (Lipinski definition) is 1. The quantitative estimate of drug-likeness (QED) is 0.704. The summed E-state index contributed by atoms with van der Waals surface area (Å²) in [7, 11) is 0. The van der Waals surface area contributed by atoms with Crippen LogP contribution in [0.25, 0.3) is 0 Å². The van der Waals surface area contributed by atoms with E-state index >= 15 is 0 Å². The third-order valence-electron chi connectivity index (χ3n) is 2.54. The minimum Gasteiger partial charge on any atom is -0.381 e. The van der Waals surface area contributed by atoms with Gasteiger partial charge in [0.1, 0.15) is 0 Å². The Bertz CT molecular complexity index is 122. The van der Waals surface area contributed by atoms with E-state index in [1.165, 1.54) is 19.3 Å². The van der Waals surface area contributed by atoms with Gasteiger partial charge in [-0.2, -0.15) is 0 Å². The Labute approximate surface area is 75.5 Å². The van der Waals surface area contributed by atoms with E-state index in [0.29, 0.717) is 0 Å². The van der Waals surface area contributed by atoms with Gasteiger partial charge in [-0.15, -0.1) is 0 Å². The Morgan fingerprint density at radius 3 is 2.42 bits per heavy atom. The van der Waals surface area contributed by atoms with Crippen molar-refractivity contribution in [2.45, 2.75) is 45.1 Å². The standard InChI is InChI=1S/C10H21NO/c1-10(2,11)6-3-9-4-7-12-8-5-9/h9H,3-8,11H2,1-2H3. The van der Waals surface area contributed by atoms with Gasteiger partial charge in [0.25, 0.3) is 0 Å². The largest absolute Gasteiger partial charge is 0.381 e. The van der Waals surface area contributed by atoms with E-state index in [9.17, 15) is 0 Å². The molecule has 0 aromatic carbocycles. The molecule has 1 heterocycles. The zero-order valence-electron chi connectivity index (χ0n) is 8.31. The number of nitrogens with two attached hydrogens (primary N) is 1. The molecule has 72 valence electrons. The van der Waals surface area contributed by atoms with Gasteiger partial charge in [-0.05, 0) is 45.4 Å². The molecule has 0 saturated carbocycles. The topological polar surface area (TPSA) is 35.2 Å². The fourth-order valence-electron chi connectivity index (χ4n) is 1.61. The summed E-state index contributed by atoms with van der Waals surface area (Å²) in [6, 6.07) is 0. The summed E-state index contributed by atoms with van der Waals surface area (Å²) in [5.74, 6) is 0.863. The van der Waals surface area contributed by atoms with Crippen LogP contribution in [0.5, 0.6) is 0 Å². The van der Waals surface area contributed by atoms with Gasteiger partial charge >= 0.3 is 0 Å². The predicted molar refractivity (Wildman–Crippen MR) is 51.0 cm³/mol. The zero-order chi connectivity index (χ0) is 9.03. The highest BCUT2D eigenvalue weighted by Gasteiger charge is 2.17. The lowest BCUT2D eigenvalue weighted by molar-refractivity contribution is 0.0617. The Morgan fingerprint density at radius 2 is 1.92 bits per heavy atom. The summed E-state index contributed by atoms with van der Waals surface area (Å²) in [6.45, 7) is 6.12. The lowest BCUT2D eigenvalue weighted by Crippen LogP contribution is -2.32. The molecular weight excluding hydrogens is 150 g/mol. The first kappa shape index (κ1) is 10.0. The van der Waals surface area contributed by atoms with Crippen LogP contribution in [-0.2, 0) is 4.74 Å². The number of hydrogen-bond acceptors (Lipinski definition) is 2. The van der Waals surface area contributed by atoms with E-state index < -0.39 is 0 Å².